The maximum absolute atomic E-state index is 11.4. The predicted octanol–water partition coefficient (Wildman–Crippen LogP) is 3.70. The third-order valence-corrected chi connectivity index (χ3v) is 4.83. The number of hydrogen-bond donors (Lipinski definition) is 1. The van der Waals surface area contributed by atoms with Gasteiger partial charge in [0.25, 0.3) is 0 Å². The normalized spacial score (nSPS) is 14.2. The molecule has 2 aromatic carbocycles. The van der Waals surface area contributed by atoms with Crippen LogP contribution in [-0.4, -0.2) is 27.9 Å². The lowest BCUT2D eigenvalue weighted by Crippen LogP contribution is -2.09. The summed E-state index contributed by atoms with van der Waals surface area (Å²) < 4.78 is 8.02. The van der Waals surface area contributed by atoms with E-state index in [-0.39, 0.29) is 5.56 Å². The molecule has 136 valence electrons. The summed E-state index contributed by atoms with van der Waals surface area (Å²) in [6.07, 6.45) is 2.83. The molecule has 0 spiro atoms. The number of ether oxygens (including phenoxy) is 1. The summed E-state index contributed by atoms with van der Waals surface area (Å²) in [5.74, 6) is -0.299. The van der Waals surface area contributed by atoms with Crippen LogP contribution in [0.2, 0.25) is 0 Å². The SMILES string of the molecule is Cn1cccc1CCN=C1c2ccccc2COc2ccc(C(=O)O)cc21. The quantitative estimate of drug-likeness (QED) is 0.772. The molecule has 5 nitrogen and oxygen atoms in total. The van der Waals surface area contributed by atoms with Crippen molar-refractivity contribution in [2.45, 2.75) is 13.0 Å². The molecule has 27 heavy (non-hydrogen) atoms. The lowest BCUT2D eigenvalue weighted by atomic mass is 9.96. The zero-order valence-electron chi connectivity index (χ0n) is 15.1. The molecule has 4 rings (SSSR count). The number of aryl methyl sites for hydroxylation is 1. The molecule has 0 bridgehead atoms. The van der Waals surface area contributed by atoms with E-state index in [2.05, 4.69) is 10.6 Å². The average molecular weight is 360 g/mol. The fraction of sp³-hybridized carbons (Fsp3) is 0.182. The number of aromatic nitrogens is 1. The third-order valence-electron chi connectivity index (χ3n) is 4.83. The number of fused-ring (bicyclic) bond motifs is 2. The van der Waals surface area contributed by atoms with Gasteiger partial charge in [-0.3, -0.25) is 4.99 Å². The van der Waals surface area contributed by atoms with E-state index < -0.39 is 5.97 Å². The lowest BCUT2D eigenvalue weighted by Gasteiger charge is -2.11. The van der Waals surface area contributed by atoms with E-state index in [0.717, 1.165) is 28.8 Å². The van der Waals surface area contributed by atoms with Crippen molar-refractivity contribution in [2.75, 3.05) is 6.54 Å². The van der Waals surface area contributed by atoms with Crippen molar-refractivity contribution in [1.29, 1.82) is 0 Å². The van der Waals surface area contributed by atoms with Gasteiger partial charge in [0.1, 0.15) is 12.4 Å². The Balaban J connectivity index is 1.78. The first-order valence-corrected chi connectivity index (χ1v) is 8.87. The molecule has 1 aliphatic rings. The number of aromatic carboxylic acids is 1. The van der Waals surface area contributed by atoms with E-state index in [1.165, 1.54) is 5.69 Å². The molecule has 1 aliphatic heterocycles. The summed E-state index contributed by atoms with van der Waals surface area (Å²) in [7, 11) is 2.02. The topological polar surface area (TPSA) is 63.8 Å². The minimum absolute atomic E-state index is 0.229. The first-order valence-electron chi connectivity index (χ1n) is 8.87. The predicted molar refractivity (Wildman–Crippen MR) is 104 cm³/mol. The van der Waals surface area contributed by atoms with E-state index >= 15 is 0 Å². The van der Waals surface area contributed by atoms with Crippen LogP contribution in [0.1, 0.15) is 32.7 Å². The highest BCUT2D eigenvalue weighted by Crippen LogP contribution is 2.30. The van der Waals surface area contributed by atoms with Gasteiger partial charge >= 0.3 is 5.97 Å². The largest absolute Gasteiger partial charge is 0.488 e. The molecule has 0 radical (unpaired) electrons. The van der Waals surface area contributed by atoms with Gasteiger partial charge < -0.3 is 14.4 Å². The van der Waals surface area contributed by atoms with Gasteiger partial charge in [-0.05, 0) is 35.9 Å². The van der Waals surface area contributed by atoms with Crippen LogP contribution in [0.25, 0.3) is 0 Å². The molecule has 0 amide bonds. The smallest absolute Gasteiger partial charge is 0.335 e. The molecule has 1 N–H and O–H groups in total. The van der Waals surface area contributed by atoms with Crippen LogP contribution < -0.4 is 4.74 Å². The number of benzene rings is 2. The van der Waals surface area contributed by atoms with Crippen molar-refractivity contribution in [1.82, 2.24) is 4.57 Å². The highest BCUT2D eigenvalue weighted by Gasteiger charge is 2.21. The summed E-state index contributed by atoms with van der Waals surface area (Å²) in [6.45, 7) is 1.05. The van der Waals surface area contributed by atoms with Crippen molar-refractivity contribution in [2.24, 2.45) is 12.0 Å². The van der Waals surface area contributed by atoms with Crippen molar-refractivity contribution in [3.8, 4) is 5.75 Å². The second-order valence-corrected chi connectivity index (χ2v) is 6.55. The Morgan fingerprint density at radius 3 is 2.78 bits per heavy atom. The van der Waals surface area contributed by atoms with Crippen molar-refractivity contribution in [3.63, 3.8) is 0 Å². The molecule has 3 aromatic rings. The van der Waals surface area contributed by atoms with Gasteiger partial charge in [0.05, 0.1) is 11.3 Å². The van der Waals surface area contributed by atoms with Crippen LogP contribution in [0.3, 0.4) is 0 Å². The number of aliphatic imine (C=N–C) groups is 1. The second-order valence-electron chi connectivity index (χ2n) is 6.55. The Labute approximate surface area is 157 Å². The van der Waals surface area contributed by atoms with Gasteiger partial charge in [0.2, 0.25) is 0 Å². The maximum Gasteiger partial charge on any atom is 0.335 e. The van der Waals surface area contributed by atoms with Gasteiger partial charge in [0.15, 0.2) is 0 Å². The van der Waals surface area contributed by atoms with Crippen LogP contribution in [0.5, 0.6) is 5.75 Å². The maximum atomic E-state index is 11.4. The average Bonchev–Trinajstić information content (AvgIpc) is 3.01. The second kappa shape index (κ2) is 7.11. The standard InChI is InChI=1S/C22H20N2O3/c1-24-12-4-6-17(24)10-11-23-21-18-7-3-2-5-16(18)14-27-20-9-8-15(22(25)26)13-19(20)21/h2-9,12-13H,10-11,14H2,1H3,(H,25,26). The number of carboxylic acids is 1. The van der Waals surface area contributed by atoms with Crippen LogP contribution in [-0.2, 0) is 20.1 Å². The van der Waals surface area contributed by atoms with Gasteiger partial charge in [-0.1, -0.05) is 24.3 Å². The minimum Gasteiger partial charge on any atom is -0.488 e. The molecule has 0 saturated carbocycles. The van der Waals surface area contributed by atoms with Gasteiger partial charge in [0, 0.05) is 43.0 Å². The zero-order valence-corrected chi connectivity index (χ0v) is 15.1. The molecule has 0 aliphatic carbocycles. The molecule has 0 unspecified atom stereocenters. The van der Waals surface area contributed by atoms with Crippen molar-refractivity contribution < 1.29 is 14.6 Å². The Kier molecular flexibility index (Phi) is 4.50. The number of carboxylic acid groups (broad SMARTS) is 1. The van der Waals surface area contributed by atoms with E-state index in [4.69, 9.17) is 9.73 Å². The Morgan fingerprint density at radius 1 is 1.15 bits per heavy atom. The summed E-state index contributed by atoms with van der Waals surface area (Å²) >= 11 is 0. The number of nitrogens with zero attached hydrogens (tertiary/aromatic N) is 2. The molecule has 0 fully saturated rings. The molecule has 0 saturated heterocycles. The van der Waals surface area contributed by atoms with Gasteiger partial charge in [-0.15, -0.1) is 0 Å². The zero-order chi connectivity index (χ0) is 18.8. The molecule has 1 aromatic heterocycles. The highest BCUT2D eigenvalue weighted by molar-refractivity contribution is 6.16. The van der Waals surface area contributed by atoms with Gasteiger partial charge in [-0.2, -0.15) is 0 Å². The Hall–Kier alpha value is -3.34. The number of carbonyl (C=O) groups is 1. The first-order chi connectivity index (χ1) is 13.1. The van der Waals surface area contributed by atoms with E-state index in [0.29, 0.717) is 18.9 Å². The fourth-order valence-electron chi connectivity index (χ4n) is 3.36. The summed E-state index contributed by atoms with van der Waals surface area (Å²) in [6, 6.07) is 17.0. The summed E-state index contributed by atoms with van der Waals surface area (Å²) in [4.78, 5) is 16.3. The van der Waals surface area contributed by atoms with E-state index in [1.54, 1.807) is 18.2 Å². The highest BCUT2D eigenvalue weighted by atomic mass is 16.5. The Bertz CT molecular complexity index is 1030. The van der Waals surface area contributed by atoms with Crippen LogP contribution in [0, 0.1) is 0 Å². The molecule has 0 atom stereocenters. The van der Waals surface area contributed by atoms with Crippen molar-refractivity contribution in [3.05, 3.63) is 88.7 Å². The van der Waals surface area contributed by atoms with E-state index in [1.807, 2.05) is 43.6 Å². The van der Waals surface area contributed by atoms with Crippen LogP contribution in [0.15, 0.2) is 65.8 Å². The summed E-state index contributed by atoms with van der Waals surface area (Å²) in [5, 5.41) is 9.39. The minimum atomic E-state index is -0.960. The molecule has 5 heteroatoms. The molecular formula is C22H20N2O3. The number of rotatable bonds is 4. The fourth-order valence-corrected chi connectivity index (χ4v) is 3.36. The first kappa shape index (κ1) is 17.1. The van der Waals surface area contributed by atoms with E-state index in [9.17, 15) is 9.90 Å². The lowest BCUT2D eigenvalue weighted by molar-refractivity contribution is 0.0697. The Morgan fingerprint density at radius 2 is 2.00 bits per heavy atom. The van der Waals surface area contributed by atoms with Gasteiger partial charge in [-0.25, -0.2) is 4.79 Å². The monoisotopic (exact) mass is 360 g/mol. The van der Waals surface area contributed by atoms with Crippen LogP contribution >= 0.6 is 0 Å². The summed E-state index contributed by atoms with van der Waals surface area (Å²) in [5.41, 5.74) is 4.99. The van der Waals surface area contributed by atoms with Crippen LogP contribution in [0.4, 0.5) is 0 Å². The van der Waals surface area contributed by atoms with Crippen molar-refractivity contribution >= 4 is 11.7 Å². The third kappa shape index (κ3) is 3.36. The molecular weight excluding hydrogens is 340 g/mol. The molecule has 2 heterocycles. The number of hydrogen-bond acceptors (Lipinski definition) is 3.